The van der Waals surface area contributed by atoms with Gasteiger partial charge in [-0.25, -0.2) is 4.79 Å². The van der Waals surface area contributed by atoms with Crippen LogP contribution in [0.5, 0.6) is 0 Å². The van der Waals surface area contributed by atoms with Gasteiger partial charge in [-0.2, -0.15) is 0 Å². The van der Waals surface area contributed by atoms with Gasteiger partial charge in [-0.05, 0) is 32.2 Å². The molecule has 0 radical (unpaired) electrons. The van der Waals surface area contributed by atoms with Gasteiger partial charge < -0.3 is 20.8 Å². The highest BCUT2D eigenvalue weighted by atomic mass is 32.1. The van der Waals surface area contributed by atoms with E-state index in [1.165, 1.54) is 4.88 Å². The van der Waals surface area contributed by atoms with Crippen LogP contribution in [-0.2, 0) is 16.1 Å². The van der Waals surface area contributed by atoms with Gasteiger partial charge >= 0.3 is 5.97 Å². The Balaban J connectivity index is 2.53. The summed E-state index contributed by atoms with van der Waals surface area (Å²) in [6.07, 6.45) is -0.0182. The van der Waals surface area contributed by atoms with E-state index in [0.717, 1.165) is 11.4 Å². The lowest BCUT2D eigenvalue weighted by Crippen LogP contribution is -2.23. The Labute approximate surface area is 145 Å². The first-order valence-corrected chi connectivity index (χ1v) is 8.67. The zero-order valence-electron chi connectivity index (χ0n) is 14.2. The number of thiophene rings is 1. The number of esters is 1. The van der Waals surface area contributed by atoms with Crippen molar-refractivity contribution >= 4 is 23.2 Å². The largest absolute Gasteiger partial charge is 0.462 e. The number of ether oxygens (including phenoxy) is 1. The number of primary amides is 1. The fourth-order valence-electron chi connectivity index (χ4n) is 2.94. The Hall–Kier alpha value is -2.12. The van der Waals surface area contributed by atoms with Gasteiger partial charge in [-0.1, -0.05) is 6.07 Å². The van der Waals surface area contributed by atoms with Gasteiger partial charge in [0, 0.05) is 34.3 Å². The van der Waals surface area contributed by atoms with Crippen LogP contribution in [0.15, 0.2) is 17.5 Å². The third-order valence-corrected chi connectivity index (χ3v) is 4.86. The van der Waals surface area contributed by atoms with E-state index in [-0.39, 0.29) is 13.0 Å². The number of aromatic nitrogens is 1. The van der Waals surface area contributed by atoms with Crippen LogP contribution in [-0.4, -0.2) is 23.1 Å². The summed E-state index contributed by atoms with van der Waals surface area (Å²) in [5.41, 5.74) is 14.2. The predicted molar refractivity (Wildman–Crippen MR) is 94.0 cm³/mol. The second-order valence-corrected chi connectivity index (χ2v) is 6.65. The maximum Gasteiger partial charge on any atom is 0.340 e. The molecule has 2 heterocycles. The standard InChI is InChI=1S/C17H23N3O3S/c1-4-23-17(22)16-11(3)20(9-12-6-5-7-24-12)10(2)15(16)13(18)8-14(19)21/h5-7,13H,4,8-9,18H2,1-3H3,(H2,19,21). The Morgan fingerprint density at radius 2 is 2.04 bits per heavy atom. The van der Waals surface area contributed by atoms with Crippen molar-refractivity contribution < 1.29 is 14.3 Å². The molecular weight excluding hydrogens is 326 g/mol. The molecule has 7 heteroatoms. The maximum absolute atomic E-state index is 12.4. The highest BCUT2D eigenvalue weighted by molar-refractivity contribution is 7.09. The molecule has 0 fully saturated rings. The summed E-state index contributed by atoms with van der Waals surface area (Å²) in [5, 5.41) is 2.01. The van der Waals surface area contributed by atoms with Crippen molar-refractivity contribution in [2.75, 3.05) is 6.61 Å². The van der Waals surface area contributed by atoms with Crippen LogP contribution in [0.4, 0.5) is 0 Å². The summed E-state index contributed by atoms with van der Waals surface area (Å²) in [5.74, 6) is -0.918. The first-order valence-electron chi connectivity index (χ1n) is 7.79. The minimum atomic E-state index is -0.634. The predicted octanol–water partition coefficient (Wildman–Crippen LogP) is 2.27. The Morgan fingerprint density at radius 1 is 1.33 bits per heavy atom. The molecular formula is C17H23N3O3S. The molecule has 24 heavy (non-hydrogen) atoms. The first-order chi connectivity index (χ1) is 11.4. The van der Waals surface area contributed by atoms with Gasteiger partial charge in [0.2, 0.25) is 5.91 Å². The lowest BCUT2D eigenvalue weighted by Gasteiger charge is -2.13. The molecule has 0 saturated heterocycles. The third-order valence-electron chi connectivity index (χ3n) is 4.00. The van der Waals surface area contributed by atoms with Crippen LogP contribution in [0.25, 0.3) is 0 Å². The van der Waals surface area contributed by atoms with Gasteiger partial charge in [0.25, 0.3) is 0 Å². The van der Waals surface area contributed by atoms with Gasteiger partial charge in [0.15, 0.2) is 0 Å². The average Bonchev–Trinajstić information content (AvgIpc) is 3.08. The fourth-order valence-corrected chi connectivity index (χ4v) is 3.63. The van der Waals surface area contributed by atoms with Crippen molar-refractivity contribution in [1.82, 2.24) is 4.57 Å². The molecule has 2 aromatic rings. The smallest absolute Gasteiger partial charge is 0.340 e. The summed E-state index contributed by atoms with van der Waals surface area (Å²) in [6, 6.07) is 3.39. The average molecular weight is 349 g/mol. The summed E-state index contributed by atoms with van der Waals surface area (Å²) in [6.45, 7) is 6.45. The normalized spacial score (nSPS) is 12.2. The monoisotopic (exact) mass is 349 g/mol. The maximum atomic E-state index is 12.4. The second-order valence-electron chi connectivity index (χ2n) is 5.62. The molecule has 6 nitrogen and oxygen atoms in total. The number of rotatable bonds is 7. The SMILES string of the molecule is CCOC(=O)c1c(C(N)CC(N)=O)c(C)n(Cc2cccs2)c1C. The molecule has 0 aliphatic rings. The van der Waals surface area contributed by atoms with Crippen molar-refractivity contribution in [1.29, 1.82) is 0 Å². The highest BCUT2D eigenvalue weighted by Gasteiger charge is 2.28. The van der Waals surface area contributed by atoms with E-state index in [1.807, 2.05) is 35.9 Å². The molecule has 0 aromatic carbocycles. The molecule has 0 spiro atoms. The Morgan fingerprint density at radius 3 is 2.58 bits per heavy atom. The van der Waals surface area contributed by atoms with E-state index in [4.69, 9.17) is 16.2 Å². The molecule has 0 aliphatic heterocycles. The topological polar surface area (TPSA) is 100 Å². The molecule has 0 aliphatic carbocycles. The van der Waals surface area contributed by atoms with E-state index < -0.39 is 17.9 Å². The minimum absolute atomic E-state index is 0.0182. The summed E-state index contributed by atoms with van der Waals surface area (Å²) in [7, 11) is 0. The van der Waals surface area contributed by atoms with E-state index >= 15 is 0 Å². The van der Waals surface area contributed by atoms with Crippen molar-refractivity contribution in [2.24, 2.45) is 11.5 Å². The van der Waals surface area contributed by atoms with Gasteiger partial charge in [0.1, 0.15) is 0 Å². The summed E-state index contributed by atoms with van der Waals surface area (Å²) < 4.78 is 7.22. The molecule has 2 rings (SSSR count). The lowest BCUT2D eigenvalue weighted by molar-refractivity contribution is -0.118. The fraction of sp³-hybridized carbons (Fsp3) is 0.412. The van der Waals surface area contributed by atoms with Crippen molar-refractivity contribution in [3.8, 4) is 0 Å². The number of nitrogens with zero attached hydrogens (tertiary/aromatic N) is 1. The van der Waals surface area contributed by atoms with Crippen LogP contribution in [0.2, 0.25) is 0 Å². The number of hydrogen-bond acceptors (Lipinski definition) is 5. The van der Waals surface area contributed by atoms with Crippen molar-refractivity contribution in [3.63, 3.8) is 0 Å². The molecule has 0 bridgehead atoms. The van der Waals surface area contributed by atoms with E-state index in [9.17, 15) is 9.59 Å². The van der Waals surface area contributed by atoms with Crippen LogP contribution in [0, 0.1) is 13.8 Å². The quantitative estimate of drug-likeness (QED) is 0.749. The van der Waals surface area contributed by atoms with Crippen molar-refractivity contribution in [3.05, 3.63) is 44.9 Å². The summed E-state index contributed by atoms with van der Waals surface area (Å²) >= 11 is 1.65. The molecule has 0 saturated carbocycles. The van der Waals surface area contributed by atoms with Crippen LogP contribution < -0.4 is 11.5 Å². The van der Waals surface area contributed by atoms with Crippen molar-refractivity contribution in [2.45, 2.75) is 39.8 Å². The molecule has 2 aromatic heterocycles. The minimum Gasteiger partial charge on any atom is -0.462 e. The molecule has 130 valence electrons. The Kier molecular flexibility index (Phi) is 5.80. The van der Waals surface area contributed by atoms with Gasteiger partial charge in [-0.15, -0.1) is 11.3 Å². The number of carbonyl (C=O) groups is 2. The van der Waals surface area contributed by atoms with Crippen LogP contribution >= 0.6 is 11.3 Å². The molecule has 4 N–H and O–H groups in total. The van der Waals surface area contributed by atoms with Gasteiger partial charge in [-0.3, -0.25) is 4.79 Å². The number of amides is 1. The molecule has 1 atom stereocenters. The molecule has 1 unspecified atom stereocenters. The van der Waals surface area contributed by atoms with E-state index in [1.54, 1.807) is 18.3 Å². The number of nitrogens with two attached hydrogens (primary N) is 2. The number of carbonyl (C=O) groups excluding carboxylic acids is 2. The first kappa shape index (κ1) is 18.2. The Bertz CT molecular complexity index is 735. The lowest BCUT2D eigenvalue weighted by atomic mass is 9.99. The van der Waals surface area contributed by atoms with Gasteiger partial charge in [0.05, 0.1) is 18.7 Å². The van der Waals surface area contributed by atoms with E-state index in [2.05, 4.69) is 0 Å². The zero-order chi connectivity index (χ0) is 17.9. The van der Waals surface area contributed by atoms with E-state index in [0.29, 0.717) is 17.7 Å². The third kappa shape index (κ3) is 3.68. The van der Waals surface area contributed by atoms with Crippen LogP contribution in [0.1, 0.15) is 51.6 Å². The number of hydrogen-bond donors (Lipinski definition) is 2. The van der Waals surface area contributed by atoms with Crippen LogP contribution in [0.3, 0.4) is 0 Å². The highest BCUT2D eigenvalue weighted by Crippen LogP contribution is 2.30. The summed E-state index contributed by atoms with van der Waals surface area (Å²) in [4.78, 5) is 24.9. The molecule has 1 amide bonds. The zero-order valence-corrected chi connectivity index (χ0v) is 15.0. The second kappa shape index (κ2) is 7.63.